The lowest BCUT2D eigenvalue weighted by atomic mass is 10.1. The molecule has 1 N–H and O–H groups in total. The molecule has 0 saturated carbocycles. The fourth-order valence-corrected chi connectivity index (χ4v) is 3.03. The standard InChI is InChI=1S/C18H18N2O2S/c1-12-5-6-14(8-13(12)2)16-11-23-18(20-16)9-17(21)19-10-15-4-3-7-22-15/h3-8,11H,9-10H2,1-2H3,(H,19,21). The van der Waals surface area contributed by atoms with Gasteiger partial charge in [0.25, 0.3) is 0 Å². The van der Waals surface area contributed by atoms with Gasteiger partial charge in [-0.2, -0.15) is 0 Å². The Balaban J connectivity index is 1.62. The van der Waals surface area contributed by atoms with E-state index in [4.69, 9.17) is 4.42 Å². The predicted molar refractivity (Wildman–Crippen MR) is 91.3 cm³/mol. The van der Waals surface area contributed by atoms with Crippen molar-refractivity contribution in [2.45, 2.75) is 26.8 Å². The molecule has 0 saturated heterocycles. The maximum Gasteiger partial charge on any atom is 0.227 e. The van der Waals surface area contributed by atoms with Crippen LogP contribution in [0.15, 0.2) is 46.4 Å². The van der Waals surface area contributed by atoms with Crippen molar-refractivity contribution in [3.63, 3.8) is 0 Å². The molecule has 0 aliphatic carbocycles. The summed E-state index contributed by atoms with van der Waals surface area (Å²) in [5, 5.41) is 5.65. The van der Waals surface area contributed by atoms with Gasteiger partial charge in [-0.1, -0.05) is 12.1 Å². The van der Waals surface area contributed by atoms with Gasteiger partial charge < -0.3 is 9.73 Å². The number of hydrogen-bond donors (Lipinski definition) is 1. The number of amides is 1. The largest absolute Gasteiger partial charge is 0.467 e. The summed E-state index contributed by atoms with van der Waals surface area (Å²) in [4.78, 5) is 16.5. The molecule has 0 fully saturated rings. The number of thiazole rings is 1. The molecule has 0 atom stereocenters. The number of hydrogen-bond acceptors (Lipinski definition) is 4. The zero-order valence-electron chi connectivity index (χ0n) is 13.1. The lowest BCUT2D eigenvalue weighted by Gasteiger charge is -2.03. The van der Waals surface area contributed by atoms with Crippen LogP contribution in [0.4, 0.5) is 0 Å². The number of furan rings is 1. The molecule has 23 heavy (non-hydrogen) atoms. The number of benzene rings is 1. The first-order chi connectivity index (χ1) is 11.1. The van der Waals surface area contributed by atoms with E-state index >= 15 is 0 Å². The summed E-state index contributed by atoms with van der Waals surface area (Å²) in [5.74, 6) is 0.690. The number of aryl methyl sites for hydroxylation is 2. The monoisotopic (exact) mass is 326 g/mol. The number of carbonyl (C=O) groups excluding carboxylic acids is 1. The van der Waals surface area contributed by atoms with Crippen LogP contribution in [0.25, 0.3) is 11.3 Å². The van der Waals surface area contributed by atoms with Crippen molar-refractivity contribution in [3.05, 3.63) is 63.9 Å². The second-order valence-corrected chi connectivity index (χ2v) is 6.40. The summed E-state index contributed by atoms with van der Waals surface area (Å²) < 4.78 is 5.19. The Bertz CT molecular complexity index is 806. The Labute approximate surface area is 139 Å². The van der Waals surface area contributed by atoms with E-state index in [2.05, 4.69) is 42.3 Å². The molecule has 0 unspecified atom stereocenters. The minimum atomic E-state index is -0.0533. The first-order valence-electron chi connectivity index (χ1n) is 7.43. The second kappa shape index (κ2) is 6.79. The van der Waals surface area contributed by atoms with Crippen LogP contribution >= 0.6 is 11.3 Å². The first kappa shape index (κ1) is 15.5. The second-order valence-electron chi connectivity index (χ2n) is 5.46. The van der Waals surface area contributed by atoms with Crippen molar-refractivity contribution in [1.29, 1.82) is 0 Å². The summed E-state index contributed by atoms with van der Waals surface area (Å²) in [7, 11) is 0. The Morgan fingerprint density at radius 3 is 2.87 bits per heavy atom. The van der Waals surface area contributed by atoms with Crippen molar-refractivity contribution in [2.24, 2.45) is 0 Å². The Morgan fingerprint density at radius 2 is 2.13 bits per heavy atom. The quantitative estimate of drug-likeness (QED) is 0.774. The average Bonchev–Trinajstić information content (AvgIpc) is 3.19. The van der Waals surface area contributed by atoms with Gasteiger partial charge >= 0.3 is 0 Å². The Morgan fingerprint density at radius 1 is 1.26 bits per heavy atom. The third-order valence-corrected chi connectivity index (χ3v) is 4.55. The highest BCUT2D eigenvalue weighted by Gasteiger charge is 2.10. The van der Waals surface area contributed by atoms with E-state index in [1.807, 2.05) is 11.4 Å². The van der Waals surface area contributed by atoms with Crippen LogP contribution in [0.3, 0.4) is 0 Å². The number of carbonyl (C=O) groups is 1. The van der Waals surface area contributed by atoms with Crippen molar-refractivity contribution in [3.8, 4) is 11.3 Å². The van der Waals surface area contributed by atoms with Crippen LogP contribution < -0.4 is 5.32 Å². The lowest BCUT2D eigenvalue weighted by molar-refractivity contribution is -0.120. The Kier molecular flexibility index (Phi) is 4.57. The van der Waals surface area contributed by atoms with Gasteiger partial charge in [0.1, 0.15) is 10.8 Å². The predicted octanol–water partition coefficient (Wildman–Crippen LogP) is 3.88. The number of aromatic nitrogens is 1. The smallest absolute Gasteiger partial charge is 0.227 e. The molecule has 0 bridgehead atoms. The number of nitrogens with one attached hydrogen (secondary N) is 1. The molecule has 2 heterocycles. The van der Waals surface area contributed by atoms with Crippen LogP contribution in [-0.2, 0) is 17.8 Å². The average molecular weight is 326 g/mol. The summed E-state index contributed by atoms with van der Waals surface area (Å²) in [5.41, 5.74) is 4.52. The van der Waals surface area contributed by atoms with Crippen LogP contribution in [0.2, 0.25) is 0 Å². The van der Waals surface area contributed by atoms with E-state index in [1.165, 1.54) is 22.5 Å². The topological polar surface area (TPSA) is 55.1 Å². The van der Waals surface area contributed by atoms with Gasteiger partial charge in [-0.05, 0) is 43.2 Å². The fraction of sp³-hybridized carbons (Fsp3) is 0.222. The summed E-state index contributed by atoms with van der Waals surface area (Å²) >= 11 is 1.51. The number of nitrogens with zero attached hydrogens (tertiary/aromatic N) is 1. The summed E-state index contributed by atoms with van der Waals surface area (Å²) in [6, 6.07) is 9.93. The third-order valence-electron chi connectivity index (χ3n) is 3.71. The van der Waals surface area contributed by atoms with Crippen LogP contribution in [0.5, 0.6) is 0 Å². The van der Waals surface area contributed by atoms with Gasteiger partial charge in [0.2, 0.25) is 5.91 Å². The molecule has 2 aromatic heterocycles. The van der Waals surface area contributed by atoms with Gasteiger partial charge in [-0.3, -0.25) is 4.79 Å². The fourth-order valence-electron chi connectivity index (χ4n) is 2.22. The molecule has 1 aromatic carbocycles. The zero-order chi connectivity index (χ0) is 16.2. The molecule has 118 valence electrons. The zero-order valence-corrected chi connectivity index (χ0v) is 13.9. The molecule has 0 radical (unpaired) electrons. The maximum atomic E-state index is 12.0. The normalized spacial score (nSPS) is 10.7. The molecular formula is C18H18N2O2S. The van der Waals surface area contributed by atoms with Crippen LogP contribution in [-0.4, -0.2) is 10.9 Å². The molecule has 0 spiro atoms. The molecule has 0 aliphatic rings. The van der Waals surface area contributed by atoms with Crippen molar-refractivity contribution >= 4 is 17.2 Å². The van der Waals surface area contributed by atoms with Gasteiger partial charge in [0.05, 0.1) is 24.9 Å². The van der Waals surface area contributed by atoms with Gasteiger partial charge in [0, 0.05) is 10.9 Å². The Hall–Kier alpha value is -2.40. The van der Waals surface area contributed by atoms with Gasteiger partial charge in [-0.15, -0.1) is 11.3 Å². The third kappa shape index (κ3) is 3.87. The molecule has 1 amide bonds. The molecule has 3 rings (SSSR count). The van der Waals surface area contributed by atoms with E-state index in [9.17, 15) is 4.79 Å². The highest BCUT2D eigenvalue weighted by Crippen LogP contribution is 2.24. The minimum Gasteiger partial charge on any atom is -0.467 e. The first-order valence-corrected chi connectivity index (χ1v) is 8.31. The minimum absolute atomic E-state index is 0.0533. The van der Waals surface area contributed by atoms with Gasteiger partial charge in [0.15, 0.2) is 0 Å². The molecule has 0 aliphatic heterocycles. The number of rotatable bonds is 5. The van der Waals surface area contributed by atoms with Gasteiger partial charge in [-0.25, -0.2) is 4.98 Å². The SMILES string of the molecule is Cc1ccc(-c2csc(CC(=O)NCc3ccco3)n2)cc1C. The van der Waals surface area contributed by atoms with E-state index in [1.54, 1.807) is 12.3 Å². The van der Waals surface area contributed by atoms with Crippen molar-refractivity contribution in [2.75, 3.05) is 0 Å². The van der Waals surface area contributed by atoms with Crippen LogP contribution in [0.1, 0.15) is 21.9 Å². The van der Waals surface area contributed by atoms with E-state index < -0.39 is 0 Å². The molecular weight excluding hydrogens is 308 g/mol. The van der Waals surface area contributed by atoms with Crippen LogP contribution in [0, 0.1) is 13.8 Å². The van der Waals surface area contributed by atoms with E-state index in [0.29, 0.717) is 6.54 Å². The molecule has 5 heteroatoms. The van der Waals surface area contributed by atoms with Crippen molar-refractivity contribution < 1.29 is 9.21 Å². The maximum absolute atomic E-state index is 12.0. The molecule has 3 aromatic rings. The molecule has 4 nitrogen and oxygen atoms in total. The highest BCUT2D eigenvalue weighted by molar-refractivity contribution is 7.10. The van der Waals surface area contributed by atoms with E-state index in [-0.39, 0.29) is 12.3 Å². The summed E-state index contributed by atoms with van der Waals surface area (Å²) in [6.07, 6.45) is 1.88. The van der Waals surface area contributed by atoms with Crippen molar-refractivity contribution in [1.82, 2.24) is 10.3 Å². The highest BCUT2D eigenvalue weighted by atomic mass is 32.1. The summed E-state index contributed by atoms with van der Waals surface area (Å²) in [6.45, 7) is 4.59. The lowest BCUT2D eigenvalue weighted by Crippen LogP contribution is -2.24. The van der Waals surface area contributed by atoms with E-state index in [0.717, 1.165) is 22.0 Å².